The molecule has 22 heavy (non-hydrogen) atoms. The van der Waals surface area contributed by atoms with Crippen LogP contribution in [-0.2, 0) is 25.4 Å². The summed E-state index contributed by atoms with van der Waals surface area (Å²) in [6.45, 7) is 1.99. The zero-order valence-corrected chi connectivity index (χ0v) is 12.0. The monoisotopic (exact) mass is 304 g/mol. The summed E-state index contributed by atoms with van der Waals surface area (Å²) in [5.74, 6) is -0.281. The third kappa shape index (κ3) is 1.39. The Bertz CT molecular complexity index is 715. The molecule has 5 atom stereocenters. The lowest BCUT2D eigenvalue weighted by Gasteiger charge is -2.20. The second kappa shape index (κ2) is 3.58. The third-order valence-corrected chi connectivity index (χ3v) is 5.53. The average Bonchev–Trinajstić information content (AvgIpc) is 3.32. The van der Waals surface area contributed by atoms with E-state index in [4.69, 9.17) is 14.2 Å². The molecule has 0 amide bonds. The van der Waals surface area contributed by atoms with Crippen molar-refractivity contribution in [2.24, 2.45) is 0 Å². The van der Waals surface area contributed by atoms with Gasteiger partial charge in [0.2, 0.25) is 0 Å². The molecule has 3 aliphatic heterocycles. The number of benzene rings is 1. The Kier molecular flexibility index (Phi) is 2.07. The Labute approximate surface area is 126 Å². The number of carbonyl (C=O) groups is 1. The average molecular weight is 304 g/mol. The molecule has 116 valence electrons. The van der Waals surface area contributed by atoms with Gasteiger partial charge in [-0.05, 0) is 31.9 Å². The minimum atomic E-state index is -0.885. The predicted molar refractivity (Wildman–Crippen MR) is 72.4 cm³/mol. The highest BCUT2D eigenvalue weighted by Gasteiger charge is 2.74. The summed E-state index contributed by atoms with van der Waals surface area (Å²) in [5.41, 5.74) is -0.226. The van der Waals surface area contributed by atoms with Gasteiger partial charge in [0.1, 0.15) is 17.6 Å². The van der Waals surface area contributed by atoms with Crippen LogP contribution in [0.2, 0.25) is 0 Å². The maximum Gasteiger partial charge on any atom is 0.342 e. The Morgan fingerprint density at radius 2 is 2.00 bits per heavy atom. The first-order valence-corrected chi connectivity index (χ1v) is 7.55. The minimum absolute atomic E-state index is 0.0123. The van der Waals surface area contributed by atoms with Gasteiger partial charge >= 0.3 is 5.97 Å². The number of rotatable bonds is 0. The van der Waals surface area contributed by atoms with E-state index in [9.17, 15) is 15.0 Å². The van der Waals surface area contributed by atoms with Crippen LogP contribution in [0, 0.1) is 0 Å². The summed E-state index contributed by atoms with van der Waals surface area (Å²) in [4.78, 5) is 12.2. The summed E-state index contributed by atoms with van der Waals surface area (Å²) in [5, 5.41) is 20.5. The lowest BCUT2D eigenvalue weighted by atomic mass is 9.85. The molecular formula is C16H16O6. The number of aromatic hydroxyl groups is 2. The van der Waals surface area contributed by atoms with E-state index in [1.165, 1.54) is 12.1 Å². The molecular weight excluding hydrogens is 288 g/mol. The molecule has 3 saturated heterocycles. The van der Waals surface area contributed by atoms with Gasteiger partial charge in [-0.25, -0.2) is 4.79 Å². The molecule has 3 fully saturated rings. The first-order chi connectivity index (χ1) is 10.4. The van der Waals surface area contributed by atoms with Crippen LogP contribution < -0.4 is 0 Å². The predicted octanol–water partition coefficient (Wildman–Crippen LogP) is 1.33. The number of carbonyl (C=O) groups excluding carboxylic acids is 1. The van der Waals surface area contributed by atoms with Crippen molar-refractivity contribution in [3.05, 3.63) is 23.3 Å². The van der Waals surface area contributed by atoms with Crippen molar-refractivity contribution in [2.45, 2.75) is 55.7 Å². The summed E-state index contributed by atoms with van der Waals surface area (Å²) in [6, 6.07) is 2.88. The number of hydrogen-bond donors (Lipinski definition) is 2. The van der Waals surface area contributed by atoms with Crippen LogP contribution in [0.15, 0.2) is 12.1 Å². The molecule has 0 radical (unpaired) electrons. The molecule has 2 bridgehead atoms. The Balaban J connectivity index is 1.70. The van der Waals surface area contributed by atoms with Crippen LogP contribution in [0.4, 0.5) is 0 Å². The molecule has 6 heteroatoms. The maximum atomic E-state index is 12.2. The second-order valence-electron chi connectivity index (χ2n) is 6.88. The van der Waals surface area contributed by atoms with Gasteiger partial charge in [0.15, 0.2) is 11.7 Å². The van der Waals surface area contributed by atoms with Gasteiger partial charge in [0.25, 0.3) is 0 Å². The molecule has 0 saturated carbocycles. The Morgan fingerprint density at radius 3 is 2.77 bits per heavy atom. The molecule has 5 rings (SSSR count). The number of phenols is 2. The molecule has 2 N–H and O–H groups in total. The first-order valence-electron chi connectivity index (χ1n) is 7.55. The van der Waals surface area contributed by atoms with Crippen LogP contribution in [0.3, 0.4) is 0 Å². The van der Waals surface area contributed by atoms with E-state index in [2.05, 4.69) is 0 Å². The maximum absolute atomic E-state index is 12.2. The van der Waals surface area contributed by atoms with E-state index < -0.39 is 11.7 Å². The minimum Gasteiger partial charge on any atom is -0.508 e. The number of ether oxygens (including phenoxy) is 3. The topological polar surface area (TPSA) is 91.8 Å². The number of esters is 1. The van der Waals surface area contributed by atoms with E-state index >= 15 is 0 Å². The lowest BCUT2D eigenvalue weighted by molar-refractivity contribution is -0.154. The largest absolute Gasteiger partial charge is 0.508 e. The second-order valence-corrected chi connectivity index (χ2v) is 6.88. The van der Waals surface area contributed by atoms with Crippen LogP contribution in [0.5, 0.6) is 11.5 Å². The van der Waals surface area contributed by atoms with Gasteiger partial charge in [0, 0.05) is 17.5 Å². The highest BCUT2D eigenvalue weighted by Crippen LogP contribution is 2.60. The van der Waals surface area contributed by atoms with Gasteiger partial charge in [-0.2, -0.15) is 0 Å². The zero-order valence-electron chi connectivity index (χ0n) is 12.0. The molecule has 3 heterocycles. The fraction of sp³-hybridized carbons (Fsp3) is 0.562. The molecule has 6 nitrogen and oxygen atoms in total. The Morgan fingerprint density at radius 1 is 1.23 bits per heavy atom. The molecule has 1 aliphatic carbocycles. The fourth-order valence-corrected chi connectivity index (χ4v) is 4.10. The highest BCUT2D eigenvalue weighted by atomic mass is 16.7. The van der Waals surface area contributed by atoms with E-state index in [0.717, 1.165) is 6.42 Å². The molecule has 4 aliphatic rings. The van der Waals surface area contributed by atoms with Crippen molar-refractivity contribution < 1.29 is 29.2 Å². The highest BCUT2D eigenvalue weighted by molar-refractivity contribution is 5.87. The molecule has 0 unspecified atom stereocenters. The first kappa shape index (κ1) is 12.7. The van der Waals surface area contributed by atoms with E-state index in [-0.39, 0.29) is 35.3 Å². The fourth-order valence-electron chi connectivity index (χ4n) is 4.10. The molecule has 0 spiro atoms. The van der Waals surface area contributed by atoms with Crippen molar-refractivity contribution >= 4 is 5.97 Å². The lowest BCUT2D eigenvalue weighted by Crippen LogP contribution is -2.24. The van der Waals surface area contributed by atoms with Gasteiger partial charge in [-0.15, -0.1) is 0 Å². The quantitative estimate of drug-likeness (QED) is 0.427. The summed E-state index contributed by atoms with van der Waals surface area (Å²) < 4.78 is 16.9. The number of epoxide rings is 2. The summed E-state index contributed by atoms with van der Waals surface area (Å²) in [6.07, 6.45) is 0.765. The number of phenolic OH excluding ortho intramolecular Hbond substituents is 2. The molecule has 1 aromatic rings. The van der Waals surface area contributed by atoms with Gasteiger partial charge in [-0.1, -0.05) is 0 Å². The van der Waals surface area contributed by atoms with Gasteiger partial charge in [-0.3, -0.25) is 0 Å². The van der Waals surface area contributed by atoms with Crippen molar-refractivity contribution in [1.82, 2.24) is 0 Å². The van der Waals surface area contributed by atoms with E-state index in [1.807, 2.05) is 6.92 Å². The van der Waals surface area contributed by atoms with Crippen molar-refractivity contribution in [2.75, 3.05) is 0 Å². The van der Waals surface area contributed by atoms with Crippen molar-refractivity contribution in [1.29, 1.82) is 0 Å². The van der Waals surface area contributed by atoms with Crippen LogP contribution in [0.1, 0.15) is 37.0 Å². The smallest absolute Gasteiger partial charge is 0.342 e. The summed E-state index contributed by atoms with van der Waals surface area (Å²) >= 11 is 0. The SMILES string of the molecule is C[C@@]12Cc3c(O)ccc(O)c3[C@H]3OC(=O)[C@]4(CC[C@@H]1O2)O[C@H]34. The number of hydrogen-bond acceptors (Lipinski definition) is 6. The van der Waals surface area contributed by atoms with Crippen molar-refractivity contribution in [3.8, 4) is 11.5 Å². The summed E-state index contributed by atoms with van der Waals surface area (Å²) in [7, 11) is 0. The molecule has 1 aromatic carbocycles. The normalized spacial score (nSPS) is 44.4. The standard InChI is InChI=1S/C16H16O6/c1-15-6-7-8(17)2-3-9(18)11(7)12-13-16(22-13,14(19)20-12)5-4-10(15)21-15/h2-3,10,12-13,17-18H,4-6H2,1H3/t10-,12+,13+,15+,16+/m0/s1. The van der Waals surface area contributed by atoms with Crippen molar-refractivity contribution in [3.63, 3.8) is 0 Å². The molecule has 0 aromatic heterocycles. The Hall–Kier alpha value is -1.79. The van der Waals surface area contributed by atoms with E-state index in [0.29, 0.717) is 24.0 Å². The zero-order chi connectivity index (χ0) is 15.3. The third-order valence-electron chi connectivity index (χ3n) is 5.53. The van der Waals surface area contributed by atoms with Gasteiger partial charge < -0.3 is 24.4 Å². The number of fused-ring (bicyclic) bond motifs is 3. The van der Waals surface area contributed by atoms with Gasteiger partial charge in [0.05, 0.1) is 11.7 Å². The van der Waals surface area contributed by atoms with E-state index in [1.54, 1.807) is 0 Å². The van der Waals surface area contributed by atoms with Crippen LogP contribution in [-0.4, -0.2) is 39.6 Å². The van der Waals surface area contributed by atoms with Crippen LogP contribution in [0.25, 0.3) is 0 Å². The van der Waals surface area contributed by atoms with Crippen LogP contribution >= 0.6 is 0 Å².